The van der Waals surface area contributed by atoms with Crippen LogP contribution in [0.15, 0.2) is 40.2 Å². The summed E-state index contributed by atoms with van der Waals surface area (Å²) in [7, 11) is -3.38. The fraction of sp³-hybridized carbons (Fsp3) is 0.0909. The highest BCUT2D eigenvalue weighted by Gasteiger charge is 2.23. The lowest BCUT2D eigenvalue weighted by Crippen LogP contribution is -2.36. The third-order valence-corrected chi connectivity index (χ3v) is 3.70. The predicted molar refractivity (Wildman–Crippen MR) is 74.3 cm³/mol. The molecule has 0 saturated heterocycles. The normalized spacial score (nSPS) is 14.7. The Hall–Kier alpha value is -2.73. The first-order valence-corrected chi connectivity index (χ1v) is 7.30. The lowest BCUT2D eigenvalue weighted by atomic mass is 10.1. The zero-order chi connectivity index (χ0) is 17.4. The molecule has 0 bridgehead atoms. The average molecular weight is 348 g/mol. The van der Waals surface area contributed by atoms with Crippen LogP contribution in [0.5, 0.6) is 0 Å². The highest BCUT2D eigenvalue weighted by molar-refractivity contribution is 7.85. The number of hydrogen-bond donors (Lipinski definition) is 3. The molecule has 0 spiro atoms. The number of rotatable bonds is 3. The Labute approximate surface area is 128 Å². The van der Waals surface area contributed by atoms with Gasteiger partial charge in [0.15, 0.2) is 5.84 Å². The van der Waals surface area contributed by atoms with Crippen LogP contribution in [-0.4, -0.2) is 42.3 Å². The average Bonchev–Trinajstić information content (AvgIpc) is 2.43. The first-order chi connectivity index (χ1) is 10.6. The summed E-state index contributed by atoms with van der Waals surface area (Å²) in [5.74, 6) is -2.87. The zero-order valence-corrected chi connectivity index (χ0v) is 12.3. The van der Waals surface area contributed by atoms with E-state index < -0.39 is 32.3 Å². The first kappa shape index (κ1) is 16.6. The molecule has 1 aromatic carbocycles. The maximum absolute atomic E-state index is 13.2. The van der Waals surface area contributed by atoms with Crippen LogP contribution in [0.4, 0.5) is 14.6 Å². The number of amidine groups is 1. The van der Waals surface area contributed by atoms with Crippen LogP contribution >= 0.6 is 0 Å². The second kappa shape index (κ2) is 5.81. The minimum absolute atomic E-state index is 0.245. The SMILES string of the molecule is CN(C1=NN(F)NC(F)=C1)c1cc(S(=O)(=O)O)ccc1C(=O)O. The van der Waals surface area contributed by atoms with Gasteiger partial charge in [-0.1, -0.05) is 4.48 Å². The number of anilines is 1. The van der Waals surface area contributed by atoms with Gasteiger partial charge in [0, 0.05) is 13.1 Å². The van der Waals surface area contributed by atoms with E-state index in [0.29, 0.717) is 0 Å². The monoisotopic (exact) mass is 348 g/mol. The predicted octanol–water partition coefficient (Wildman–Crippen LogP) is 0.897. The van der Waals surface area contributed by atoms with Crippen LogP contribution in [0.1, 0.15) is 10.4 Å². The van der Waals surface area contributed by atoms with Crippen molar-refractivity contribution >= 4 is 27.6 Å². The fourth-order valence-corrected chi connectivity index (χ4v) is 2.30. The molecule has 1 aromatic rings. The van der Waals surface area contributed by atoms with Crippen molar-refractivity contribution in [1.29, 1.82) is 0 Å². The van der Waals surface area contributed by atoms with Gasteiger partial charge in [-0.15, -0.1) is 5.10 Å². The summed E-state index contributed by atoms with van der Waals surface area (Å²) in [6.07, 6.45) is 0.766. The highest BCUT2D eigenvalue weighted by Crippen LogP contribution is 2.25. The van der Waals surface area contributed by atoms with E-state index in [1.54, 1.807) is 5.43 Å². The van der Waals surface area contributed by atoms with E-state index in [9.17, 15) is 22.1 Å². The summed E-state index contributed by atoms with van der Waals surface area (Å²) < 4.78 is 57.7. The van der Waals surface area contributed by atoms with E-state index in [1.807, 2.05) is 0 Å². The summed E-state index contributed by atoms with van der Waals surface area (Å²) in [6.45, 7) is 0. The first-order valence-electron chi connectivity index (χ1n) is 5.86. The van der Waals surface area contributed by atoms with E-state index in [4.69, 9.17) is 9.66 Å². The largest absolute Gasteiger partial charge is 0.478 e. The lowest BCUT2D eigenvalue weighted by molar-refractivity contribution is -0.0277. The molecule has 3 N–H and O–H groups in total. The maximum atomic E-state index is 13.2. The molecule has 0 aliphatic carbocycles. The van der Waals surface area contributed by atoms with Crippen molar-refractivity contribution in [3.8, 4) is 0 Å². The highest BCUT2D eigenvalue weighted by atomic mass is 32.2. The Kier molecular flexibility index (Phi) is 4.20. The van der Waals surface area contributed by atoms with Gasteiger partial charge in [0.1, 0.15) is 0 Å². The fourth-order valence-electron chi connectivity index (χ4n) is 1.80. The van der Waals surface area contributed by atoms with Crippen molar-refractivity contribution in [2.75, 3.05) is 11.9 Å². The topological polar surface area (TPSA) is 123 Å². The van der Waals surface area contributed by atoms with Gasteiger partial charge in [-0.25, -0.2) is 10.2 Å². The van der Waals surface area contributed by atoms with Crippen LogP contribution in [0, 0.1) is 0 Å². The minimum Gasteiger partial charge on any atom is -0.478 e. The Morgan fingerprint density at radius 3 is 2.61 bits per heavy atom. The number of benzene rings is 1. The Bertz CT molecular complexity index is 824. The van der Waals surface area contributed by atoms with Gasteiger partial charge < -0.3 is 10.0 Å². The van der Waals surface area contributed by atoms with Crippen LogP contribution in [0.2, 0.25) is 0 Å². The summed E-state index contributed by atoms with van der Waals surface area (Å²) in [5, 5.41) is 12.0. The number of hydrogen-bond acceptors (Lipinski definition) is 7. The molecule has 0 saturated carbocycles. The van der Waals surface area contributed by atoms with Crippen LogP contribution < -0.4 is 10.3 Å². The number of likely N-dealkylation sites (N-methyl/N-ethyl adjacent to an activating group) is 1. The Morgan fingerprint density at radius 2 is 2.09 bits per heavy atom. The number of hydrazone groups is 1. The van der Waals surface area contributed by atoms with Crippen molar-refractivity contribution in [3.05, 3.63) is 35.8 Å². The molecule has 1 aliphatic rings. The molecule has 12 heteroatoms. The second-order valence-corrected chi connectivity index (χ2v) is 5.76. The van der Waals surface area contributed by atoms with Crippen molar-refractivity contribution < 1.29 is 31.7 Å². The number of hydrazine groups is 1. The van der Waals surface area contributed by atoms with Gasteiger partial charge >= 0.3 is 5.97 Å². The lowest BCUT2D eigenvalue weighted by Gasteiger charge is -2.24. The number of carboxylic acids is 1. The molecule has 0 amide bonds. The number of carboxylic acid groups (broad SMARTS) is 1. The van der Waals surface area contributed by atoms with E-state index in [1.165, 1.54) is 7.05 Å². The molecule has 1 heterocycles. The van der Waals surface area contributed by atoms with Gasteiger partial charge in [0.2, 0.25) is 5.95 Å². The molecule has 0 atom stereocenters. The molecule has 1 aliphatic heterocycles. The summed E-state index contributed by atoms with van der Waals surface area (Å²) in [4.78, 5) is 11.6. The van der Waals surface area contributed by atoms with Crippen molar-refractivity contribution in [3.63, 3.8) is 0 Å². The zero-order valence-electron chi connectivity index (χ0n) is 11.4. The molecule has 23 heavy (non-hydrogen) atoms. The molecular weight excluding hydrogens is 338 g/mol. The van der Waals surface area contributed by atoms with Gasteiger partial charge in [-0.2, -0.15) is 12.8 Å². The van der Waals surface area contributed by atoms with Crippen LogP contribution in [0.3, 0.4) is 0 Å². The smallest absolute Gasteiger partial charge is 0.337 e. The van der Waals surface area contributed by atoms with Crippen LogP contribution in [-0.2, 0) is 10.1 Å². The van der Waals surface area contributed by atoms with Crippen molar-refractivity contribution in [2.24, 2.45) is 5.10 Å². The van der Waals surface area contributed by atoms with Gasteiger partial charge in [0.05, 0.1) is 16.1 Å². The number of aromatic carboxylic acids is 1. The summed E-state index contributed by atoms with van der Waals surface area (Å²) >= 11 is 0. The van der Waals surface area contributed by atoms with Crippen molar-refractivity contribution in [1.82, 2.24) is 10.8 Å². The van der Waals surface area contributed by atoms with E-state index in [-0.39, 0.29) is 17.1 Å². The third kappa shape index (κ3) is 3.54. The quantitative estimate of drug-likeness (QED) is 0.418. The molecule has 0 fully saturated rings. The molecule has 2 rings (SSSR count). The third-order valence-electron chi connectivity index (χ3n) is 2.85. The molecular formula is C11H10F2N4O5S. The molecule has 0 aromatic heterocycles. The van der Waals surface area contributed by atoms with E-state index in [2.05, 4.69) is 5.10 Å². The Balaban J connectivity index is 2.58. The Morgan fingerprint density at radius 1 is 1.43 bits per heavy atom. The summed E-state index contributed by atoms with van der Waals surface area (Å²) in [5.41, 5.74) is 0.978. The van der Waals surface area contributed by atoms with Crippen molar-refractivity contribution in [2.45, 2.75) is 4.90 Å². The number of carbonyl (C=O) groups is 1. The number of nitrogens with zero attached hydrogens (tertiary/aromatic N) is 3. The molecule has 124 valence electrons. The van der Waals surface area contributed by atoms with Crippen LogP contribution in [0.25, 0.3) is 0 Å². The second-order valence-electron chi connectivity index (χ2n) is 4.34. The maximum Gasteiger partial charge on any atom is 0.337 e. The standard InChI is InChI=1S/C11H10F2N4O5S/c1-16(10-5-9(12)14-17(13)15-10)8-4-6(23(20,21)22)2-3-7(8)11(18)19/h2-5,14H,1H3,(H,18,19)(H,20,21,22). The molecule has 0 unspecified atom stereocenters. The van der Waals surface area contributed by atoms with E-state index >= 15 is 0 Å². The number of halogens is 2. The number of nitrogens with one attached hydrogen (secondary N) is 1. The van der Waals surface area contributed by atoms with Gasteiger partial charge in [-0.3, -0.25) is 4.55 Å². The van der Waals surface area contributed by atoms with Gasteiger partial charge in [0.25, 0.3) is 10.1 Å². The molecule has 0 radical (unpaired) electrons. The molecule has 9 nitrogen and oxygen atoms in total. The minimum atomic E-state index is -4.60. The van der Waals surface area contributed by atoms with E-state index in [0.717, 1.165) is 29.2 Å². The van der Waals surface area contributed by atoms with Gasteiger partial charge in [-0.05, 0) is 23.5 Å². The summed E-state index contributed by atoms with van der Waals surface area (Å²) in [6, 6.07) is 2.67.